The molecule has 2 N–H and O–H groups in total. The molecule has 7 nitrogen and oxygen atoms in total. The minimum absolute atomic E-state index is 0.0330. The van der Waals surface area contributed by atoms with Crippen LogP contribution in [0.25, 0.3) is 17.0 Å². The average molecular weight is 325 g/mol. The number of rotatable bonds is 6. The van der Waals surface area contributed by atoms with Crippen molar-refractivity contribution in [2.45, 2.75) is 26.3 Å². The summed E-state index contributed by atoms with van der Waals surface area (Å²) in [7, 11) is 0. The second kappa shape index (κ2) is 6.66. The molecule has 0 bridgehead atoms. The zero-order valence-electron chi connectivity index (χ0n) is 13.5. The van der Waals surface area contributed by atoms with Crippen LogP contribution in [0.15, 0.2) is 42.7 Å². The number of carboxylic acids is 1. The van der Waals surface area contributed by atoms with Crippen LogP contribution in [0.5, 0.6) is 0 Å². The predicted octanol–water partition coefficient (Wildman–Crippen LogP) is 2.70. The summed E-state index contributed by atoms with van der Waals surface area (Å²) in [5, 5.41) is 16.7. The molecular formula is C17H19N5O2. The number of fused-ring (bicyclic) bond motifs is 1. The smallest absolute Gasteiger partial charge is 0.326 e. The van der Waals surface area contributed by atoms with Crippen molar-refractivity contribution in [3.63, 3.8) is 0 Å². The summed E-state index contributed by atoms with van der Waals surface area (Å²) >= 11 is 0. The molecule has 24 heavy (non-hydrogen) atoms. The fourth-order valence-corrected chi connectivity index (χ4v) is 2.51. The van der Waals surface area contributed by atoms with E-state index in [1.165, 1.54) is 10.8 Å². The molecule has 0 spiro atoms. The maximum atomic E-state index is 11.6. The topological polar surface area (TPSA) is 92.4 Å². The van der Waals surface area contributed by atoms with Crippen LogP contribution in [0, 0.1) is 5.92 Å². The van der Waals surface area contributed by atoms with Crippen LogP contribution in [-0.4, -0.2) is 36.7 Å². The van der Waals surface area contributed by atoms with E-state index >= 15 is 0 Å². The van der Waals surface area contributed by atoms with Crippen LogP contribution in [0.2, 0.25) is 0 Å². The molecule has 2 atom stereocenters. The first-order valence-electron chi connectivity index (χ1n) is 7.85. The number of carboxylic acid groups (broad SMARTS) is 1. The Morgan fingerprint density at radius 1 is 1.33 bits per heavy atom. The number of hydrogen-bond acceptors (Lipinski definition) is 5. The van der Waals surface area contributed by atoms with Gasteiger partial charge in [0.1, 0.15) is 18.2 Å². The molecule has 0 saturated heterocycles. The second-order valence-corrected chi connectivity index (χ2v) is 5.71. The van der Waals surface area contributed by atoms with Gasteiger partial charge in [0.05, 0.1) is 5.69 Å². The first kappa shape index (κ1) is 15.9. The summed E-state index contributed by atoms with van der Waals surface area (Å²) in [5.41, 5.74) is 1.65. The molecule has 1 aromatic carbocycles. The Morgan fingerprint density at radius 3 is 2.75 bits per heavy atom. The van der Waals surface area contributed by atoms with Crippen molar-refractivity contribution in [2.75, 3.05) is 5.32 Å². The Labute approximate surface area is 139 Å². The largest absolute Gasteiger partial charge is 0.480 e. The van der Waals surface area contributed by atoms with Gasteiger partial charge in [-0.05, 0) is 5.92 Å². The van der Waals surface area contributed by atoms with Gasteiger partial charge in [0, 0.05) is 11.6 Å². The third kappa shape index (κ3) is 3.05. The molecule has 2 heterocycles. The molecule has 3 rings (SSSR count). The third-order valence-corrected chi connectivity index (χ3v) is 4.10. The van der Waals surface area contributed by atoms with E-state index in [4.69, 9.17) is 0 Å². The lowest BCUT2D eigenvalue weighted by Gasteiger charge is -2.21. The van der Waals surface area contributed by atoms with Crippen LogP contribution < -0.4 is 5.32 Å². The van der Waals surface area contributed by atoms with Crippen molar-refractivity contribution in [1.29, 1.82) is 0 Å². The summed E-state index contributed by atoms with van der Waals surface area (Å²) in [4.78, 5) is 20.2. The van der Waals surface area contributed by atoms with Crippen LogP contribution in [-0.2, 0) is 4.79 Å². The molecular weight excluding hydrogens is 306 g/mol. The minimum Gasteiger partial charge on any atom is -0.480 e. The van der Waals surface area contributed by atoms with Gasteiger partial charge in [-0.2, -0.15) is 14.6 Å². The second-order valence-electron chi connectivity index (χ2n) is 5.71. The predicted molar refractivity (Wildman–Crippen MR) is 90.7 cm³/mol. The summed E-state index contributed by atoms with van der Waals surface area (Å²) in [6, 6.07) is 10.8. The van der Waals surface area contributed by atoms with Crippen LogP contribution in [0.1, 0.15) is 20.3 Å². The van der Waals surface area contributed by atoms with Gasteiger partial charge in [-0.1, -0.05) is 50.6 Å². The van der Waals surface area contributed by atoms with Crippen LogP contribution in [0.4, 0.5) is 5.82 Å². The van der Waals surface area contributed by atoms with Crippen molar-refractivity contribution in [2.24, 2.45) is 5.92 Å². The molecule has 0 fully saturated rings. The van der Waals surface area contributed by atoms with Gasteiger partial charge in [-0.15, -0.1) is 0 Å². The molecule has 0 unspecified atom stereocenters. The van der Waals surface area contributed by atoms with E-state index in [2.05, 4.69) is 20.4 Å². The molecule has 0 aliphatic rings. The lowest BCUT2D eigenvalue weighted by molar-refractivity contribution is -0.139. The average Bonchev–Trinajstić information content (AvgIpc) is 3.08. The number of aromatic nitrogens is 4. The van der Waals surface area contributed by atoms with Crippen LogP contribution >= 0.6 is 0 Å². The Kier molecular flexibility index (Phi) is 4.41. The lowest BCUT2D eigenvalue weighted by Crippen LogP contribution is -2.36. The van der Waals surface area contributed by atoms with E-state index in [0.29, 0.717) is 17.3 Å². The van der Waals surface area contributed by atoms with Gasteiger partial charge in [0.25, 0.3) is 5.78 Å². The number of nitrogens with zero attached hydrogens (tertiary/aromatic N) is 4. The number of benzene rings is 1. The van der Waals surface area contributed by atoms with Gasteiger partial charge in [-0.3, -0.25) is 0 Å². The first-order chi connectivity index (χ1) is 11.6. The summed E-state index contributed by atoms with van der Waals surface area (Å²) < 4.78 is 1.52. The maximum Gasteiger partial charge on any atom is 0.326 e. The van der Waals surface area contributed by atoms with E-state index < -0.39 is 12.0 Å². The van der Waals surface area contributed by atoms with E-state index in [1.54, 1.807) is 6.07 Å². The molecule has 0 aliphatic heterocycles. The number of carbonyl (C=O) groups is 1. The van der Waals surface area contributed by atoms with Gasteiger partial charge in [-0.25, -0.2) is 9.78 Å². The summed E-state index contributed by atoms with van der Waals surface area (Å²) in [5.74, 6) is 0.0568. The highest BCUT2D eigenvalue weighted by molar-refractivity contribution is 5.78. The molecule has 3 aromatic rings. The fraction of sp³-hybridized carbons (Fsp3) is 0.294. The van der Waals surface area contributed by atoms with Crippen molar-refractivity contribution in [3.05, 3.63) is 42.7 Å². The first-order valence-corrected chi connectivity index (χ1v) is 7.85. The SMILES string of the molecule is CC[C@H](C)[C@H](Nc1cc(-c2ccccc2)nc2ncnn12)C(=O)O. The van der Waals surface area contributed by atoms with Gasteiger partial charge in [0.2, 0.25) is 0 Å². The number of anilines is 1. The van der Waals surface area contributed by atoms with Crippen molar-refractivity contribution in [3.8, 4) is 11.3 Å². The Balaban J connectivity index is 2.06. The minimum atomic E-state index is -0.893. The zero-order chi connectivity index (χ0) is 17.1. The molecule has 0 radical (unpaired) electrons. The maximum absolute atomic E-state index is 11.6. The third-order valence-electron chi connectivity index (χ3n) is 4.10. The van der Waals surface area contributed by atoms with E-state index in [9.17, 15) is 9.90 Å². The lowest BCUT2D eigenvalue weighted by atomic mass is 9.99. The standard InChI is InChI=1S/C17H19N5O2/c1-3-11(2)15(16(23)24)21-14-9-13(12-7-5-4-6-8-12)20-17-18-10-19-22(14)17/h4-11,15,21H,3H2,1-2H3,(H,23,24)/t11-,15-/m0/s1. The van der Waals surface area contributed by atoms with Gasteiger partial charge in [0.15, 0.2) is 0 Å². The van der Waals surface area contributed by atoms with Gasteiger partial charge < -0.3 is 10.4 Å². The van der Waals surface area contributed by atoms with Crippen molar-refractivity contribution in [1.82, 2.24) is 19.6 Å². The zero-order valence-corrected chi connectivity index (χ0v) is 13.5. The van der Waals surface area contributed by atoms with E-state index in [1.807, 2.05) is 44.2 Å². The Hall–Kier alpha value is -2.96. The fourth-order valence-electron chi connectivity index (χ4n) is 2.51. The van der Waals surface area contributed by atoms with E-state index in [-0.39, 0.29) is 5.92 Å². The number of aliphatic carboxylic acids is 1. The monoisotopic (exact) mass is 325 g/mol. The molecule has 0 saturated carbocycles. The quantitative estimate of drug-likeness (QED) is 0.724. The number of nitrogens with one attached hydrogen (secondary N) is 1. The highest BCUT2D eigenvalue weighted by atomic mass is 16.4. The molecule has 0 amide bonds. The Bertz CT molecular complexity index is 847. The van der Waals surface area contributed by atoms with Crippen molar-refractivity contribution < 1.29 is 9.90 Å². The molecule has 7 heteroatoms. The highest BCUT2D eigenvalue weighted by Crippen LogP contribution is 2.23. The normalized spacial score (nSPS) is 13.6. The molecule has 124 valence electrons. The Morgan fingerprint density at radius 2 is 2.08 bits per heavy atom. The summed E-state index contributed by atoms with van der Waals surface area (Å²) in [6.07, 6.45) is 2.16. The van der Waals surface area contributed by atoms with E-state index in [0.717, 1.165) is 12.0 Å². The molecule has 0 aliphatic carbocycles. The summed E-state index contributed by atoms with van der Waals surface area (Å²) in [6.45, 7) is 3.87. The molecule has 2 aromatic heterocycles. The van der Waals surface area contributed by atoms with Crippen molar-refractivity contribution >= 4 is 17.6 Å². The van der Waals surface area contributed by atoms with Crippen LogP contribution in [0.3, 0.4) is 0 Å². The van der Waals surface area contributed by atoms with Gasteiger partial charge >= 0.3 is 5.97 Å². The highest BCUT2D eigenvalue weighted by Gasteiger charge is 2.24. The number of hydrogen-bond donors (Lipinski definition) is 2.